The van der Waals surface area contributed by atoms with E-state index in [0.29, 0.717) is 23.6 Å². The van der Waals surface area contributed by atoms with Crippen LogP contribution in [0, 0.1) is 0 Å². The van der Waals surface area contributed by atoms with E-state index in [1.165, 1.54) is 23.1 Å². The number of hydrogen-bond acceptors (Lipinski definition) is 7. The Morgan fingerprint density at radius 1 is 0.941 bits per heavy atom. The Morgan fingerprint density at radius 3 is 2.35 bits per heavy atom. The van der Waals surface area contributed by atoms with Crippen LogP contribution < -0.4 is 20.1 Å². The predicted molar refractivity (Wildman–Crippen MR) is 138 cm³/mol. The van der Waals surface area contributed by atoms with E-state index in [2.05, 4.69) is 15.6 Å². The number of thioether (sulfide) groups is 1. The van der Waals surface area contributed by atoms with Crippen LogP contribution in [-0.4, -0.2) is 36.3 Å². The number of carbonyl (C=O) groups excluding carboxylic acids is 2. The van der Waals surface area contributed by atoms with Crippen LogP contribution in [0.2, 0.25) is 0 Å². The van der Waals surface area contributed by atoms with Gasteiger partial charge in [-0.25, -0.2) is 4.98 Å². The Hall–Kier alpha value is -3.56. The Balaban J connectivity index is 1.34. The second-order valence-corrected chi connectivity index (χ2v) is 9.39. The maximum atomic E-state index is 12.5. The SMILES string of the molecule is CCOc1ccc(NC(=O)CSc2nc3ccc(NC(=O)c4ccc(OC)cc4)cc3s2)cc1. The number of aromatic nitrogens is 1. The summed E-state index contributed by atoms with van der Waals surface area (Å²) in [6.45, 7) is 2.52. The predicted octanol–water partition coefficient (Wildman–Crippen LogP) is 5.69. The summed E-state index contributed by atoms with van der Waals surface area (Å²) in [6.07, 6.45) is 0. The van der Waals surface area contributed by atoms with E-state index in [1.54, 1.807) is 31.4 Å². The zero-order chi connectivity index (χ0) is 23.9. The lowest BCUT2D eigenvalue weighted by atomic mass is 10.2. The topological polar surface area (TPSA) is 89.5 Å². The summed E-state index contributed by atoms with van der Waals surface area (Å²) in [4.78, 5) is 29.4. The summed E-state index contributed by atoms with van der Waals surface area (Å²) < 4.78 is 12.3. The van der Waals surface area contributed by atoms with Crippen molar-refractivity contribution in [2.24, 2.45) is 0 Å². The molecule has 0 unspecified atom stereocenters. The first-order valence-corrected chi connectivity index (χ1v) is 12.4. The van der Waals surface area contributed by atoms with Crippen LogP contribution in [0.1, 0.15) is 17.3 Å². The lowest BCUT2D eigenvalue weighted by Gasteiger charge is -2.06. The first-order chi connectivity index (χ1) is 16.5. The molecule has 0 aliphatic heterocycles. The van der Waals surface area contributed by atoms with Crippen molar-refractivity contribution in [2.45, 2.75) is 11.3 Å². The molecule has 0 saturated carbocycles. The van der Waals surface area contributed by atoms with Crippen LogP contribution in [0.25, 0.3) is 10.2 Å². The lowest BCUT2D eigenvalue weighted by molar-refractivity contribution is -0.113. The minimum Gasteiger partial charge on any atom is -0.497 e. The van der Waals surface area contributed by atoms with Crippen molar-refractivity contribution in [1.82, 2.24) is 4.98 Å². The largest absolute Gasteiger partial charge is 0.497 e. The number of thiazole rings is 1. The van der Waals surface area contributed by atoms with Crippen LogP contribution in [0.5, 0.6) is 11.5 Å². The monoisotopic (exact) mass is 493 g/mol. The van der Waals surface area contributed by atoms with Gasteiger partial charge in [0.25, 0.3) is 5.91 Å². The number of nitrogens with one attached hydrogen (secondary N) is 2. The molecule has 2 N–H and O–H groups in total. The second kappa shape index (κ2) is 11.0. The minimum absolute atomic E-state index is 0.110. The zero-order valence-corrected chi connectivity index (χ0v) is 20.3. The highest BCUT2D eigenvalue weighted by Crippen LogP contribution is 2.31. The molecule has 9 heteroatoms. The van der Waals surface area contributed by atoms with Gasteiger partial charge in [-0.1, -0.05) is 11.8 Å². The van der Waals surface area contributed by atoms with Gasteiger partial charge in [0.05, 0.1) is 29.7 Å². The van der Waals surface area contributed by atoms with E-state index in [1.807, 2.05) is 49.4 Å². The third-order valence-electron chi connectivity index (χ3n) is 4.75. The lowest BCUT2D eigenvalue weighted by Crippen LogP contribution is -2.13. The number of hydrogen-bond donors (Lipinski definition) is 2. The van der Waals surface area contributed by atoms with Crippen molar-refractivity contribution in [3.8, 4) is 11.5 Å². The Kier molecular flexibility index (Phi) is 7.66. The van der Waals surface area contributed by atoms with E-state index in [9.17, 15) is 9.59 Å². The fourth-order valence-corrected chi connectivity index (χ4v) is 5.02. The molecule has 1 heterocycles. The average molecular weight is 494 g/mol. The molecule has 2 amide bonds. The fourth-order valence-electron chi connectivity index (χ4n) is 3.11. The molecular weight excluding hydrogens is 470 g/mol. The molecule has 0 saturated heterocycles. The van der Waals surface area contributed by atoms with Crippen LogP contribution in [0.4, 0.5) is 11.4 Å². The molecule has 0 bridgehead atoms. The zero-order valence-electron chi connectivity index (χ0n) is 18.7. The normalized spacial score (nSPS) is 10.6. The van der Waals surface area contributed by atoms with Crippen LogP contribution in [0.15, 0.2) is 71.1 Å². The van der Waals surface area contributed by atoms with Gasteiger partial charge in [-0.2, -0.15) is 0 Å². The molecule has 4 rings (SSSR count). The van der Waals surface area contributed by atoms with Crippen LogP contribution >= 0.6 is 23.1 Å². The van der Waals surface area contributed by atoms with Gasteiger partial charge < -0.3 is 20.1 Å². The van der Waals surface area contributed by atoms with Crippen molar-refractivity contribution in [2.75, 3.05) is 30.1 Å². The van der Waals surface area contributed by atoms with Crippen molar-refractivity contribution in [3.05, 3.63) is 72.3 Å². The standard InChI is InChI=1S/C25H23N3O4S2/c1-3-32-20-11-6-17(7-12-20)26-23(29)15-33-25-28-21-13-8-18(14-22(21)34-25)27-24(30)16-4-9-19(31-2)10-5-16/h4-14H,3,15H2,1-2H3,(H,26,29)(H,27,30). The number of benzene rings is 3. The minimum atomic E-state index is -0.202. The smallest absolute Gasteiger partial charge is 0.255 e. The number of ether oxygens (including phenoxy) is 2. The molecule has 34 heavy (non-hydrogen) atoms. The first kappa shape index (κ1) is 23.6. The van der Waals surface area contributed by atoms with Gasteiger partial charge in [-0.05, 0) is 73.7 Å². The molecule has 4 aromatic rings. The highest BCUT2D eigenvalue weighted by molar-refractivity contribution is 8.01. The Labute approximate surface area is 205 Å². The Bertz CT molecular complexity index is 1290. The van der Waals surface area contributed by atoms with Gasteiger partial charge in [-0.3, -0.25) is 9.59 Å². The molecule has 174 valence electrons. The summed E-state index contributed by atoms with van der Waals surface area (Å²) in [5.41, 5.74) is 2.76. The summed E-state index contributed by atoms with van der Waals surface area (Å²) in [7, 11) is 1.58. The highest BCUT2D eigenvalue weighted by Gasteiger charge is 2.11. The maximum absolute atomic E-state index is 12.5. The molecule has 7 nitrogen and oxygen atoms in total. The quantitative estimate of drug-likeness (QED) is 0.291. The molecule has 0 spiro atoms. The maximum Gasteiger partial charge on any atom is 0.255 e. The average Bonchev–Trinajstić information content (AvgIpc) is 3.26. The molecule has 1 aromatic heterocycles. The Morgan fingerprint density at radius 2 is 1.65 bits per heavy atom. The number of amides is 2. The van der Waals surface area contributed by atoms with Gasteiger partial charge >= 0.3 is 0 Å². The number of methoxy groups -OCH3 is 1. The van der Waals surface area contributed by atoms with Gasteiger partial charge in [0.2, 0.25) is 5.91 Å². The number of nitrogens with zero attached hydrogens (tertiary/aromatic N) is 1. The number of fused-ring (bicyclic) bond motifs is 1. The molecule has 0 atom stereocenters. The molecule has 0 aliphatic carbocycles. The van der Waals surface area contributed by atoms with Gasteiger partial charge in [0.1, 0.15) is 11.5 Å². The van der Waals surface area contributed by atoms with E-state index in [4.69, 9.17) is 9.47 Å². The van der Waals surface area contributed by atoms with E-state index in [-0.39, 0.29) is 17.6 Å². The summed E-state index contributed by atoms with van der Waals surface area (Å²) in [6, 6.07) is 19.8. The molecule has 0 radical (unpaired) electrons. The van der Waals surface area contributed by atoms with Crippen molar-refractivity contribution >= 4 is 56.5 Å². The molecular formula is C25H23N3O4S2. The third kappa shape index (κ3) is 6.06. The van der Waals surface area contributed by atoms with Crippen LogP contribution in [-0.2, 0) is 4.79 Å². The first-order valence-electron chi connectivity index (χ1n) is 10.6. The number of rotatable bonds is 9. The summed E-state index contributed by atoms with van der Waals surface area (Å²) in [5, 5.41) is 5.78. The van der Waals surface area contributed by atoms with Crippen molar-refractivity contribution in [1.29, 1.82) is 0 Å². The van der Waals surface area contributed by atoms with E-state index < -0.39 is 0 Å². The number of carbonyl (C=O) groups is 2. The van der Waals surface area contributed by atoms with Gasteiger partial charge in [0.15, 0.2) is 4.34 Å². The molecule has 0 aliphatic rings. The summed E-state index contributed by atoms with van der Waals surface area (Å²) in [5.74, 6) is 1.39. The van der Waals surface area contributed by atoms with Crippen molar-refractivity contribution < 1.29 is 19.1 Å². The molecule has 0 fully saturated rings. The van der Waals surface area contributed by atoms with E-state index in [0.717, 1.165) is 26.0 Å². The fraction of sp³-hybridized carbons (Fsp3) is 0.160. The molecule has 3 aromatic carbocycles. The van der Waals surface area contributed by atoms with Gasteiger partial charge in [0, 0.05) is 16.9 Å². The highest BCUT2D eigenvalue weighted by atomic mass is 32.2. The van der Waals surface area contributed by atoms with E-state index >= 15 is 0 Å². The number of anilines is 2. The summed E-state index contributed by atoms with van der Waals surface area (Å²) >= 11 is 2.86. The third-order valence-corrected chi connectivity index (χ3v) is 6.92. The second-order valence-electron chi connectivity index (χ2n) is 7.14. The van der Waals surface area contributed by atoms with Gasteiger partial charge in [-0.15, -0.1) is 11.3 Å². The van der Waals surface area contributed by atoms with Crippen LogP contribution in [0.3, 0.4) is 0 Å². The van der Waals surface area contributed by atoms with Crippen molar-refractivity contribution in [3.63, 3.8) is 0 Å².